The minimum absolute atomic E-state index is 0.722. The van der Waals surface area contributed by atoms with E-state index in [1.54, 1.807) is 0 Å². The molecule has 0 aliphatic carbocycles. The van der Waals surface area contributed by atoms with Crippen molar-refractivity contribution in [1.82, 2.24) is 4.98 Å². The van der Waals surface area contributed by atoms with Gasteiger partial charge in [-0.1, -0.05) is 13.0 Å². The molecule has 0 fully saturated rings. The molecule has 0 bridgehead atoms. The maximum atomic E-state index is 4.37. The third kappa shape index (κ3) is 1.27. The summed E-state index contributed by atoms with van der Waals surface area (Å²) in [5, 5.41) is 1.96. The summed E-state index contributed by atoms with van der Waals surface area (Å²) in [6.45, 7) is 4.35. The number of aryl methyl sites for hydroxylation is 1. The lowest BCUT2D eigenvalue weighted by molar-refractivity contribution is 0.938. The lowest BCUT2D eigenvalue weighted by Gasteiger charge is -1.96. The van der Waals surface area contributed by atoms with Gasteiger partial charge in [0.05, 0.1) is 5.03 Å². The van der Waals surface area contributed by atoms with Gasteiger partial charge in [0.1, 0.15) is 0 Å². The number of rotatable bonds is 0. The molecule has 0 saturated heterocycles. The van der Waals surface area contributed by atoms with Crippen LogP contribution in [0.15, 0.2) is 17.3 Å². The molecule has 0 aromatic carbocycles. The second-order valence-corrected chi connectivity index (χ2v) is 4.54. The molecule has 1 atom stereocenters. The zero-order valence-electron chi connectivity index (χ0n) is 6.79. The summed E-state index contributed by atoms with van der Waals surface area (Å²) in [7, 11) is 0. The molecule has 0 radical (unpaired) electrons. The Labute approximate surface area is 71.2 Å². The summed E-state index contributed by atoms with van der Waals surface area (Å²) in [6, 6.07) is 2.25. The van der Waals surface area contributed by atoms with E-state index in [-0.39, 0.29) is 0 Å². The summed E-state index contributed by atoms with van der Waals surface area (Å²) in [4.78, 5) is 4.37. The van der Waals surface area contributed by atoms with Gasteiger partial charge in [0.25, 0.3) is 0 Å². The van der Waals surface area contributed by atoms with Gasteiger partial charge in [-0.3, -0.25) is 0 Å². The Morgan fingerprint density at radius 1 is 1.64 bits per heavy atom. The number of thioether (sulfide) groups is 1. The van der Waals surface area contributed by atoms with Crippen LogP contribution >= 0.6 is 11.8 Å². The molecule has 11 heavy (non-hydrogen) atoms. The van der Waals surface area contributed by atoms with Gasteiger partial charge in [-0.15, -0.1) is 11.8 Å². The molecule has 1 aliphatic heterocycles. The van der Waals surface area contributed by atoms with Crippen LogP contribution in [-0.4, -0.2) is 10.2 Å². The first-order chi connectivity index (χ1) is 5.25. The molecule has 58 valence electrons. The molecule has 2 heteroatoms. The highest BCUT2D eigenvalue weighted by atomic mass is 32.2. The molecule has 0 saturated carbocycles. The topological polar surface area (TPSA) is 12.9 Å². The summed E-state index contributed by atoms with van der Waals surface area (Å²) < 4.78 is 0. The Morgan fingerprint density at radius 3 is 3.27 bits per heavy atom. The van der Waals surface area contributed by atoms with Crippen molar-refractivity contribution in [1.29, 1.82) is 0 Å². The molecular weight excluding hydrogens is 154 g/mol. The SMILES string of the molecule is Cc1cnc2c(c1)CC(C)S2. The van der Waals surface area contributed by atoms with E-state index in [9.17, 15) is 0 Å². The summed E-state index contributed by atoms with van der Waals surface area (Å²) >= 11 is 1.89. The zero-order valence-corrected chi connectivity index (χ0v) is 7.61. The Hall–Kier alpha value is -0.500. The highest BCUT2D eigenvalue weighted by Gasteiger charge is 2.18. The van der Waals surface area contributed by atoms with Crippen LogP contribution in [0, 0.1) is 6.92 Å². The van der Waals surface area contributed by atoms with Crippen molar-refractivity contribution in [2.45, 2.75) is 30.5 Å². The number of nitrogens with zero attached hydrogens (tertiary/aromatic N) is 1. The standard InChI is InChI=1S/C9H11NS/c1-6-3-8-4-7(2)11-9(8)10-5-6/h3,5,7H,4H2,1-2H3. The second-order valence-electron chi connectivity index (χ2n) is 3.11. The molecule has 1 aromatic rings. The second kappa shape index (κ2) is 2.52. The minimum Gasteiger partial charge on any atom is -0.249 e. The predicted octanol–water partition coefficient (Wildman–Crippen LogP) is 2.43. The normalized spacial score (nSPS) is 21.8. The van der Waals surface area contributed by atoms with E-state index in [2.05, 4.69) is 24.9 Å². The van der Waals surface area contributed by atoms with Gasteiger partial charge in [-0.2, -0.15) is 0 Å². The Balaban J connectivity index is 2.43. The Bertz CT molecular complexity index is 283. The first kappa shape index (κ1) is 7.17. The lowest BCUT2D eigenvalue weighted by Crippen LogP contribution is -1.91. The lowest BCUT2D eigenvalue weighted by atomic mass is 10.1. The quantitative estimate of drug-likeness (QED) is 0.585. The van der Waals surface area contributed by atoms with Crippen molar-refractivity contribution in [2.24, 2.45) is 0 Å². The fourth-order valence-electron chi connectivity index (χ4n) is 1.41. The third-order valence-electron chi connectivity index (χ3n) is 1.88. The van der Waals surface area contributed by atoms with Crippen molar-refractivity contribution in [3.8, 4) is 0 Å². The Kier molecular flexibility index (Phi) is 1.64. The number of hydrogen-bond donors (Lipinski definition) is 0. The molecule has 0 amide bonds. The van der Waals surface area contributed by atoms with Crippen LogP contribution in [0.25, 0.3) is 0 Å². The van der Waals surface area contributed by atoms with Crippen LogP contribution in [0.1, 0.15) is 18.1 Å². The molecular formula is C9H11NS. The van der Waals surface area contributed by atoms with Gasteiger partial charge in [-0.25, -0.2) is 4.98 Å². The van der Waals surface area contributed by atoms with E-state index in [4.69, 9.17) is 0 Å². The molecule has 1 unspecified atom stereocenters. The summed E-state index contributed by atoms with van der Waals surface area (Å²) in [5.74, 6) is 0. The zero-order chi connectivity index (χ0) is 7.84. The van der Waals surface area contributed by atoms with E-state index >= 15 is 0 Å². The number of pyridine rings is 1. The summed E-state index contributed by atoms with van der Waals surface area (Å²) in [5.41, 5.74) is 2.71. The van der Waals surface area contributed by atoms with Gasteiger partial charge < -0.3 is 0 Å². The largest absolute Gasteiger partial charge is 0.249 e. The fraction of sp³-hybridized carbons (Fsp3) is 0.444. The molecule has 1 aromatic heterocycles. The van der Waals surface area contributed by atoms with E-state index in [0.717, 1.165) is 5.25 Å². The van der Waals surface area contributed by atoms with Crippen LogP contribution < -0.4 is 0 Å². The van der Waals surface area contributed by atoms with Gasteiger partial charge >= 0.3 is 0 Å². The smallest absolute Gasteiger partial charge is 0.0995 e. The fourth-order valence-corrected chi connectivity index (χ4v) is 2.46. The van der Waals surface area contributed by atoms with Gasteiger partial charge in [-0.05, 0) is 24.5 Å². The molecule has 0 spiro atoms. The summed E-state index contributed by atoms with van der Waals surface area (Å²) in [6.07, 6.45) is 3.14. The van der Waals surface area contributed by atoms with E-state index < -0.39 is 0 Å². The van der Waals surface area contributed by atoms with Crippen molar-refractivity contribution < 1.29 is 0 Å². The van der Waals surface area contributed by atoms with Gasteiger partial charge in [0.2, 0.25) is 0 Å². The molecule has 2 rings (SSSR count). The van der Waals surface area contributed by atoms with Crippen molar-refractivity contribution in [3.05, 3.63) is 23.4 Å². The molecule has 1 nitrogen and oxygen atoms in total. The molecule has 0 N–H and O–H groups in total. The minimum atomic E-state index is 0.722. The average Bonchev–Trinajstić information content (AvgIpc) is 2.27. The number of hydrogen-bond acceptors (Lipinski definition) is 2. The Morgan fingerprint density at radius 2 is 2.45 bits per heavy atom. The predicted molar refractivity (Wildman–Crippen MR) is 48.0 cm³/mol. The van der Waals surface area contributed by atoms with Crippen molar-refractivity contribution >= 4 is 11.8 Å². The average molecular weight is 165 g/mol. The van der Waals surface area contributed by atoms with Crippen LogP contribution in [0.4, 0.5) is 0 Å². The highest BCUT2D eigenvalue weighted by molar-refractivity contribution is 8.00. The molecule has 2 heterocycles. The molecule has 1 aliphatic rings. The monoisotopic (exact) mass is 165 g/mol. The van der Waals surface area contributed by atoms with E-state index in [0.29, 0.717) is 0 Å². The van der Waals surface area contributed by atoms with E-state index in [1.807, 2.05) is 18.0 Å². The highest BCUT2D eigenvalue weighted by Crippen LogP contribution is 2.34. The number of fused-ring (bicyclic) bond motifs is 1. The van der Waals surface area contributed by atoms with Gasteiger partial charge in [0.15, 0.2) is 0 Å². The first-order valence-corrected chi connectivity index (χ1v) is 4.76. The van der Waals surface area contributed by atoms with Gasteiger partial charge in [0, 0.05) is 11.4 Å². The van der Waals surface area contributed by atoms with E-state index in [1.165, 1.54) is 22.6 Å². The van der Waals surface area contributed by atoms with Crippen LogP contribution in [-0.2, 0) is 6.42 Å². The number of aromatic nitrogens is 1. The first-order valence-electron chi connectivity index (χ1n) is 3.88. The third-order valence-corrected chi connectivity index (χ3v) is 3.04. The van der Waals surface area contributed by atoms with Crippen molar-refractivity contribution in [2.75, 3.05) is 0 Å². The van der Waals surface area contributed by atoms with Crippen LogP contribution in [0.3, 0.4) is 0 Å². The maximum Gasteiger partial charge on any atom is 0.0995 e. The van der Waals surface area contributed by atoms with Crippen LogP contribution in [0.2, 0.25) is 0 Å². The maximum absolute atomic E-state index is 4.37. The van der Waals surface area contributed by atoms with Crippen LogP contribution in [0.5, 0.6) is 0 Å². The van der Waals surface area contributed by atoms with Crippen molar-refractivity contribution in [3.63, 3.8) is 0 Å².